The maximum Gasteiger partial charge on any atom is 0.189 e. The fraction of sp³-hybridized carbons (Fsp3) is 0.167. The van der Waals surface area contributed by atoms with Crippen LogP contribution in [0.5, 0.6) is 11.5 Å². The normalized spacial score (nSPS) is 15.7. The summed E-state index contributed by atoms with van der Waals surface area (Å²) in [7, 11) is 1.41. The highest BCUT2D eigenvalue weighted by Gasteiger charge is 2.22. The van der Waals surface area contributed by atoms with E-state index in [1.807, 2.05) is 0 Å². The number of aryl methyl sites for hydroxylation is 1. The van der Waals surface area contributed by atoms with E-state index < -0.39 is 5.82 Å². The van der Waals surface area contributed by atoms with E-state index in [-0.39, 0.29) is 17.3 Å². The van der Waals surface area contributed by atoms with Crippen molar-refractivity contribution in [1.82, 2.24) is 0 Å². The Labute approximate surface area is 127 Å². The van der Waals surface area contributed by atoms with Gasteiger partial charge in [0.2, 0.25) is 0 Å². The highest BCUT2D eigenvalue weighted by molar-refractivity contribution is 6.13. The standard InChI is InChI=1S/C18H15FO3/c1-22-17-7-2-11(9-16(17)19)8-13-4-3-12-10-14(20)5-6-15(12)18(13)21/h2,5-10,20H,3-4H2,1H3. The van der Waals surface area contributed by atoms with Crippen LogP contribution < -0.4 is 4.74 Å². The van der Waals surface area contributed by atoms with E-state index in [0.717, 1.165) is 5.56 Å². The molecule has 0 aliphatic heterocycles. The predicted octanol–water partition coefficient (Wildman–Crippen LogP) is 3.75. The van der Waals surface area contributed by atoms with E-state index in [2.05, 4.69) is 0 Å². The number of phenolic OH excluding ortho intramolecular Hbond substituents is 1. The Kier molecular flexibility index (Phi) is 3.67. The van der Waals surface area contributed by atoms with Gasteiger partial charge in [0.1, 0.15) is 5.75 Å². The zero-order valence-electron chi connectivity index (χ0n) is 12.1. The molecule has 1 aliphatic carbocycles. The maximum atomic E-state index is 13.7. The van der Waals surface area contributed by atoms with E-state index in [4.69, 9.17) is 4.74 Å². The van der Waals surface area contributed by atoms with Crippen molar-refractivity contribution in [2.45, 2.75) is 12.8 Å². The van der Waals surface area contributed by atoms with Crippen molar-refractivity contribution in [2.75, 3.05) is 7.11 Å². The molecule has 4 heteroatoms. The molecule has 22 heavy (non-hydrogen) atoms. The van der Waals surface area contributed by atoms with Gasteiger partial charge in [0.25, 0.3) is 0 Å². The van der Waals surface area contributed by atoms with Crippen LogP contribution in [0.1, 0.15) is 27.9 Å². The summed E-state index contributed by atoms with van der Waals surface area (Å²) >= 11 is 0. The van der Waals surface area contributed by atoms with E-state index in [9.17, 15) is 14.3 Å². The van der Waals surface area contributed by atoms with Crippen molar-refractivity contribution in [1.29, 1.82) is 0 Å². The molecule has 112 valence electrons. The number of benzene rings is 2. The monoisotopic (exact) mass is 298 g/mol. The number of carbonyl (C=O) groups is 1. The molecule has 0 amide bonds. The zero-order valence-corrected chi connectivity index (χ0v) is 12.1. The quantitative estimate of drug-likeness (QED) is 0.859. The lowest BCUT2D eigenvalue weighted by molar-refractivity contribution is 0.102. The number of hydrogen-bond donors (Lipinski definition) is 1. The molecular formula is C18H15FO3. The van der Waals surface area contributed by atoms with Gasteiger partial charge < -0.3 is 9.84 Å². The summed E-state index contributed by atoms with van der Waals surface area (Å²) < 4.78 is 18.6. The Morgan fingerprint density at radius 2 is 2.00 bits per heavy atom. The predicted molar refractivity (Wildman–Crippen MR) is 81.7 cm³/mol. The fourth-order valence-corrected chi connectivity index (χ4v) is 2.68. The molecule has 0 spiro atoms. The van der Waals surface area contributed by atoms with Crippen molar-refractivity contribution in [3.8, 4) is 11.5 Å². The number of Topliss-reactive ketones (excluding diaryl/α,β-unsaturated/α-hetero) is 1. The number of hydrogen-bond acceptors (Lipinski definition) is 3. The van der Waals surface area contributed by atoms with Gasteiger partial charge >= 0.3 is 0 Å². The molecule has 0 aromatic heterocycles. The Morgan fingerprint density at radius 3 is 2.73 bits per heavy atom. The number of methoxy groups -OCH3 is 1. The molecule has 0 saturated carbocycles. The average Bonchev–Trinajstić information content (AvgIpc) is 2.50. The largest absolute Gasteiger partial charge is 0.508 e. The van der Waals surface area contributed by atoms with Gasteiger partial charge in [-0.15, -0.1) is 0 Å². The van der Waals surface area contributed by atoms with Crippen LogP contribution in [-0.2, 0) is 6.42 Å². The zero-order chi connectivity index (χ0) is 15.7. The van der Waals surface area contributed by atoms with Gasteiger partial charge in [-0.05, 0) is 60.4 Å². The van der Waals surface area contributed by atoms with Gasteiger partial charge in [0.05, 0.1) is 7.11 Å². The lowest BCUT2D eigenvalue weighted by Crippen LogP contribution is -2.13. The summed E-state index contributed by atoms with van der Waals surface area (Å²) in [5, 5.41) is 9.48. The number of fused-ring (bicyclic) bond motifs is 1. The van der Waals surface area contributed by atoms with Gasteiger partial charge in [-0.3, -0.25) is 4.79 Å². The minimum Gasteiger partial charge on any atom is -0.508 e. The molecule has 0 heterocycles. The molecule has 0 fully saturated rings. The molecule has 0 radical (unpaired) electrons. The number of ether oxygens (including phenoxy) is 1. The first-order valence-electron chi connectivity index (χ1n) is 6.99. The van der Waals surface area contributed by atoms with Gasteiger partial charge in [-0.25, -0.2) is 4.39 Å². The van der Waals surface area contributed by atoms with Gasteiger partial charge in [-0.1, -0.05) is 6.07 Å². The molecule has 3 rings (SSSR count). The van der Waals surface area contributed by atoms with Crippen LogP contribution >= 0.6 is 0 Å². The first kappa shape index (κ1) is 14.3. The van der Waals surface area contributed by atoms with Gasteiger partial charge in [0.15, 0.2) is 17.3 Å². The number of ketones is 1. The molecule has 0 unspecified atom stereocenters. The van der Waals surface area contributed by atoms with Crippen molar-refractivity contribution in [3.63, 3.8) is 0 Å². The Morgan fingerprint density at radius 1 is 1.18 bits per heavy atom. The van der Waals surface area contributed by atoms with Crippen LogP contribution in [0.15, 0.2) is 42.0 Å². The van der Waals surface area contributed by atoms with E-state index >= 15 is 0 Å². The van der Waals surface area contributed by atoms with Crippen LogP contribution in [0.25, 0.3) is 6.08 Å². The van der Waals surface area contributed by atoms with Gasteiger partial charge in [-0.2, -0.15) is 0 Å². The van der Waals surface area contributed by atoms with Crippen LogP contribution in [0.4, 0.5) is 4.39 Å². The van der Waals surface area contributed by atoms with E-state index in [1.165, 1.54) is 19.2 Å². The third-order valence-corrected chi connectivity index (χ3v) is 3.81. The summed E-state index contributed by atoms with van der Waals surface area (Å²) in [5.74, 6) is -0.183. The molecule has 1 N–H and O–H groups in total. The van der Waals surface area contributed by atoms with Crippen LogP contribution in [-0.4, -0.2) is 18.0 Å². The Balaban J connectivity index is 1.94. The molecule has 1 aliphatic rings. The third kappa shape index (κ3) is 2.60. The number of aromatic hydroxyl groups is 1. The summed E-state index contributed by atoms with van der Waals surface area (Å²) in [6, 6.07) is 9.37. The molecule has 2 aromatic rings. The smallest absolute Gasteiger partial charge is 0.189 e. The van der Waals surface area contributed by atoms with E-state index in [1.54, 1.807) is 30.3 Å². The summed E-state index contributed by atoms with van der Waals surface area (Å²) in [6.45, 7) is 0. The second kappa shape index (κ2) is 5.64. The van der Waals surface area contributed by atoms with Gasteiger partial charge in [0, 0.05) is 11.1 Å². The van der Waals surface area contributed by atoms with Crippen molar-refractivity contribution >= 4 is 11.9 Å². The molecule has 0 atom stereocenters. The second-order valence-electron chi connectivity index (χ2n) is 5.23. The Bertz CT molecular complexity index is 778. The van der Waals surface area contributed by atoms with Crippen molar-refractivity contribution in [3.05, 3.63) is 64.5 Å². The Hall–Kier alpha value is -2.62. The minimum absolute atomic E-state index is 0.0718. The van der Waals surface area contributed by atoms with Crippen molar-refractivity contribution in [2.24, 2.45) is 0 Å². The lowest BCUT2D eigenvalue weighted by atomic mass is 9.86. The topological polar surface area (TPSA) is 46.5 Å². The number of allylic oxidation sites excluding steroid dienone is 1. The average molecular weight is 298 g/mol. The molecule has 0 bridgehead atoms. The molecular weight excluding hydrogens is 283 g/mol. The SMILES string of the molecule is COc1ccc(C=C2CCc3cc(O)ccc3C2=O)cc1F. The number of rotatable bonds is 2. The first-order valence-corrected chi connectivity index (χ1v) is 6.99. The minimum atomic E-state index is -0.453. The number of halogens is 1. The van der Waals surface area contributed by atoms with Crippen LogP contribution in [0.3, 0.4) is 0 Å². The first-order chi connectivity index (χ1) is 10.6. The second-order valence-corrected chi connectivity index (χ2v) is 5.23. The maximum absolute atomic E-state index is 13.7. The number of phenols is 1. The third-order valence-electron chi connectivity index (χ3n) is 3.81. The lowest BCUT2D eigenvalue weighted by Gasteiger charge is -2.17. The van der Waals surface area contributed by atoms with Crippen molar-refractivity contribution < 1.29 is 19.0 Å². The van der Waals surface area contributed by atoms with E-state index in [0.29, 0.717) is 29.5 Å². The highest BCUT2D eigenvalue weighted by Crippen LogP contribution is 2.29. The number of carbonyl (C=O) groups excluding carboxylic acids is 1. The molecule has 2 aromatic carbocycles. The summed E-state index contributed by atoms with van der Waals surface area (Å²) in [5.41, 5.74) is 2.72. The molecule has 0 saturated heterocycles. The summed E-state index contributed by atoms with van der Waals surface area (Å²) in [4.78, 5) is 12.5. The summed E-state index contributed by atoms with van der Waals surface area (Å²) in [6.07, 6.45) is 2.96. The van der Waals surface area contributed by atoms with Crippen LogP contribution in [0, 0.1) is 5.82 Å². The van der Waals surface area contributed by atoms with Crippen LogP contribution in [0.2, 0.25) is 0 Å². The fourth-order valence-electron chi connectivity index (χ4n) is 2.68. The highest BCUT2D eigenvalue weighted by atomic mass is 19.1. The molecule has 3 nitrogen and oxygen atoms in total.